The number of carbonyl (C=O) groups is 1. The van der Waals surface area contributed by atoms with Crippen LogP contribution < -0.4 is 0 Å². The normalized spacial score (nSPS) is 20.0. The van der Waals surface area contributed by atoms with Gasteiger partial charge in [-0.05, 0) is 18.1 Å². The molecule has 0 unspecified atom stereocenters. The molecule has 7 nitrogen and oxygen atoms in total. The molecule has 3 rings (SSSR count). The fourth-order valence-corrected chi connectivity index (χ4v) is 3.68. The summed E-state index contributed by atoms with van der Waals surface area (Å²) < 4.78 is 1.56. The van der Waals surface area contributed by atoms with Gasteiger partial charge in [-0.1, -0.05) is 11.6 Å². The number of halogens is 2. The van der Waals surface area contributed by atoms with E-state index in [1.807, 2.05) is 13.1 Å². The molecule has 1 amide bonds. The molecule has 9 heteroatoms. The van der Waals surface area contributed by atoms with E-state index in [1.54, 1.807) is 10.6 Å². The largest absolute Gasteiger partial charge is 0.465 e. The van der Waals surface area contributed by atoms with Crippen LogP contribution in [0.3, 0.4) is 0 Å². The minimum atomic E-state index is -0.999. The topological polar surface area (TPSA) is 83.7 Å². The third-order valence-corrected chi connectivity index (χ3v) is 5.24. The predicted octanol–water partition coefficient (Wildman–Crippen LogP) is 2.89. The first-order chi connectivity index (χ1) is 11.9. The quantitative estimate of drug-likeness (QED) is 0.626. The van der Waals surface area contributed by atoms with Gasteiger partial charge in [-0.25, -0.2) is 9.78 Å². The number of pyridine rings is 1. The predicted molar refractivity (Wildman–Crippen MR) is 93.7 cm³/mol. The lowest BCUT2D eigenvalue weighted by Crippen LogP contribution is -2.54. The van der Waals surface area contributed by atoms with Crippen LogP contribution in [0.4, 0.5) is 4.79 Å². The number of rotatable bonds is 2. The van der Waals surface area contributed by atoms with Crippen molar-refractivity contribution in [3.05, 3.63) is 34.2 Å². The highest BCUT2D eigenvalue weighted by molar-refractivity contribution is 6.30. The summed E-state index contributed by atoms with van der Waals surface area (Å²) in [5.74, 6) is 0. The molecule has 3 heterocycles. The molecule has 1 aromatic heterocycles. The van der Waals surface area contributed by atoms with E-state index >= 15 is 0 Å². The number of fused-ring (bicyclic) bond motifs is 1. The van der Waals surface area contributed by atoms with Crippen LogP contribution in [-0.2, 0) is 6.54 Å². The third-order valence-electron chi connectivity index (χ3n) is 4.64. The van der Waals surface area contributed by atoms with Crippen molar-refractivity contribution in [3.8, 4) is 6.07 Å². The number of nitriles is 1. The Morgan fingerprint density at radius 1 is 1.52 bits per heavy atom. The molecule has 1 aromatic rings. The second-order valence-electron chi connectivity index (χ2n) is 6.08. The van der Waals surface area contributed by atoms with Crippen LogP contribution in [-0.4, -0.2) is 56.1 Å². The van der Waals surface area contributed by atoms with Crippen molar-refractivity contribution in [1.82, 2.24) is 19.2 Å². The number of amides is 1. The van der Waals surface area contributed by atoms with Crippen LogP contribution in [0.2, 0.25) is 5.15 Å². The van der Waals surface area contributed by atoms with Crippen molar-refractivity contribution in [2.24, 2.45) is 0 Å². The fraction of sp³-hybridized carbons (Fsp3) is 0.438. The van der Waals surface area contributed by atoms with Gasteiger partial charge < -0.3 is 14.9 Å². The minimum absolute atomic E-state index is 0.144. The second kappa shape index (κ2) is 6.98. The number of hydrogen-bond acceptors (Lipinski definition) is 5. The SMILES string of the molecule is Cc1c(Cl)ncc2c1CN(Cl)C=C2N1CCN(C(=O)O)[C@@H](CC#N)C1. The summed E-state index contributed by atoms with van der Waals surface area (Å²) in [7, 11) is 0. The second-order valence-corrected chi connectivity index (χ2v) is 6.87. The molecule has 0 spiro atoms. The highest BCUT2D eigenvalue weighted by Crippen LogP contribution is 2.34. The molecular weight excluding hydrogens is 365 g/mol. The Morgan fingerprint density at radius 2 is 2.28 bits per heavy atom. The monoisotopic (exact) mass is 381 g/mol. The van der Waals surface area contributed by atoms with Crippen molar-refractivity contribution < 1.29 is 9.90 Å². The summed E-state index contributed by atoms with van der Waals surface area (Å²) in [6, 6.07) is 1.69. The zero-order valence-corrected chi connectivity index (χ0v) is 15.1. The standard InChI is InChI=1S/C16H17Cl2N5O2/c1-10-13-8-22(18)9-14(12(13)6-20-15(10)17)21-4-5-23(16(24)25)11(7-21)2-3-19/h6,9,11H,2,4-5,7-8H2,1H3,(H,24,25)/t11-/m0/s1. The maximum atomic E-state index is 11.4. The number of nitrogens with zero attached hydrogens (tertiary/aromatic N) is 5. The third kappa shape index (κ3) is 3.32. The highest BCUT2D eigenvalue weighted by atomic mass is 35.5. The smallest absolute Gasteiger partial charge is 0.407 e. The lowest BCUT2D eigenvalue weighted by atomic mass is 9.98. The van der Waals surface area contributed by atoms with Gasteiger partial charge in [0.2, 0.25) is 0 Å². The summed E-state index contributed by atoms with van der Waals surface area (Å²) in [6.45, 7) is 3.70. The Hall–Kier alpha value is -2.17. The average molecular weight is 382 g/mol. The zero-order chi connectivity index (χ0) is 18.1. The number of piperazine rings is 1. The molecule has 0 aromatic carbocycles. The van der Waals surface area contributed by atoms with Crippen LogP contribution in [0.25, 0.3) is 5.70 Å². The Labute approximate surface area is 155 Å². The fourth-order valence-electron chi connectivity index (χ4n) is 3.30. The van der Waals surface area contributed by atoms with Crippen LogP contribution in [0.15, 0.2) is 12.4 Å². The molecule has 2 aliphatic rings. The van der Waals surface area contributed by atoms with E-state index < -0.39 is 6.09 Å². The van der Waals surface area contributed by atoms with Crippen molar-refractivity contribution in [2.45, 2.75) is 25.9 Å². The minimum Gasteiger partial charge on any atom is -0.465 e. The van der Waals surface area contributed by atoms with E-state index in [1.165, 1.54) is 4.90 Å². The van der Waals surface area contributed by atoms with Gasteiger partial charge in [0.1, 0.15) is 5.15 Å². The molecule has 0 bridgehead atoms. The number of hydrogen-bond donors (Lipinski definition) is 1. The first kappa shape index (κ1) is 17.6. The lowest BCUT2D eigenvalue weighted by Gasteiger charge is -2.42. The first-order valence-corrected chi connectivity index (χ1v) is 8.54. The van der Waals surface area contributed by atoms with Crippen molar-refractivity contribution in [3.63, 3.8) is 0 Å². The van der Waals surface area contributed by atoms with E-state index in [2.05, 4.69) is 16.0 Å². The molecule has 1 atom stereocenters. The van der Waals surface area contributed by atoms with Crippen LogP contribution >= 0.6 is 23.4 Å². The lowest BCUT2D eigenvalue weighted by molar-refractivity contribution is 0.0886. The van der Waals surface area contributed by atoms with E-state index in [4.69, 9.17) is 28.6 Å². The maximum Gasteiger partial charge on any atom is 0.407 e. The van der Waals surface area contributed by atoms with Gasteiger partial charge in [0.05, 0.1) is 30.8 Å². The van der Waals surface area contributed by atoms with E-state index in [0.29, 0.717) is 31.3 Å². The molecule has 25 heavy (non-hydrogen) atoms. The van der Waals surface area contributed by atoms with Crippen molar-refractivity contribution >= 4 is 35.2 Å². The van der Waals surface area contributed by atoms with Crippen LogP contribution in [0.1, 0.15) is 23.1 Å². The molecular formula is C16H17Cl2N5O2. The van der Waals surface area contributed by atoms with Crippen LogP contribution in [0.5, 0.6) is 0 Å². The molecule has 1 N–H and O–H groups in total. The highest BCUT2D eigenvalue weighted by Gasteiger charge is 2.33. The van der Waals surface area contributed by atoms with Gasteiger partial charge in [0.25, 0.3) is 0 Å². The van der Waals surface area contributed by atoms with Gasteiger partial charge in [-0.2, -0.15) is 5.26 Å². The number of aromatic nitrogens is 1. The summed E-state index contributed by atoms with van der Waals surface area (Å²) >= 11 is 12.4. The van der Waals surface area contributed by atoms with Crippen molar-refractivity contribution in [2.75, 3.05) is 19.6 Å². The Bertz CT molecular complexity index is 777. The van der Waals surface area contributed by atoms with E-state index in [-0.39, 0.29) is 12.5 Å². The zero-order valence-electron chi connectivity index (χ0n) is 13.6. The Balaban J connectivity index is 1.93. The van der Waals surface area contributed by atoms with Gasteiger partial charge in [-0.15, -0.1) is 0 Å². The van der Waals surface area contributed by atoms with Gasteiger partial charge in [0.15, 0.2) is 0 Å². The Morgan fingerprint density at radius 3 is 2.96 bits per heavy atom. The summed E-state index contributed by atoms with van der Waals surface area (Å²) in [6.07, 6.45) is 2.69. The van der Waals surface area contributed by atoms with Crippen LogP contribution in [0, 0.1) is 18.3 Å². The van der Waals surface area contributed by atoms with Crippen molar-refractivity contribution in [1.29, 1.82) is 5.26 Å². The van der Waals surface area contributed by atoms with E-state index in [9.17, 15) is 9.90 Å². The molecule has 0 radical (unpaired) electrons. The van der Waals surface area contributed by atoms with Gasteiger partial charge in [-0.3, -0.25) is 4.42 Å². The first-order valence-electron chi connectivity index (χ1n) is 7.82. The molecule has 132 valence electrons. The average Bonchev–Trinajstić information content (AvgIpc) is 2.58. The van der Waals surface area contributed by atoms with Gasteiger partial charge in [0, 0.05) is 49.4 Å². The maximum absolute atomic E-state index is 11.4. The Kier molecular flexibility index (Phi) is 4.93. The van der Waals surface area contributed by atoms with E-state index in [0.717, 1.165) is 22.4 Å². The summed E-state index contributed by atoms with van der Waals surface area (Å²) in [4.78, 5) is 19.0. The molecule has 0 aliphatic carbocycles. The van der Waals surface area contributed by atoms with Gasteiger partial charge >= 0.3 is 6.09 Å². The molecule has 2 aliphatic heterocycles. The molecule has 0 saturated carbocycles. The summed E-state index contributed by atoms with van der Waals surface area (Å²) in [5, 5.41) is 18.8. The molecule has 1 fully saturated rings. The molecule has 1 saturated heterocycles. The number of carboxylic acid groups (broad SMARTS) is 1. The summed E-state index contributed by atoms with van der Waals surface area (Å²) in [5.41, 5.74) is 3.70.